The Balaban J connectivity index is 0.000000280. The average Bonchev–Trinajstić information content (AvgIpc) is 4.21. The van der Waals surface area contributed by atoms with Crippen molar-refractivity contribution in [1.82, 2.24) is 44.9 Å². The van der Waals surface area contributed by atoms with E-state index in [4.69, 9.17) is 9.47 Å². The highest BCUT2D eigenvalue weighted by Crippen LogP contribution is 2.44. The van der Waals surface area contributed by atoms with Gasteiger partial charge in [0.15, 0.2) is 0 Å². The van der Waals surface area contributed by atoms with Gasteiger partial charge in [0.1, 0.15) is 0 Å². The van der Waals surface area contributed by atoms with Gasteiger partial charge < -0.3 is 54.4 Å². The maximum Gasteiger partial charge on any atom is 0.222 e. The fourth-order valence-electron chi connectivity index (χ4n) is 10.5. The summed E-state index contributed by atoms with van der Waals surface area (Å²) in [4.78, 5) is 26.3. The van der Waals surface area contributed by atoms with E-state index in [1.807, 2.05) is 7.05 Å². The van der Waals surface area contributed by atoms with Crippen molar-refractivity contribution in [2.75, 3.05) is 187 Å². The molecule has 0 aromatic rings. The lowest BCUT2D eigenvalue weighted by atomic mass is 9.88. The van der Waals surface area contributed by atoms with Gasteiger partial charge in [0.25, 0.3) is 0 Å². The number of nitrogens with one attached hydrogen (secondary N) is 2. The quantitative estimate of drug-likeness (QED) is 0.284. The predicted octanol–water partition coefficient (Wildman–Crippen LogP) is 10.0. The van der Waals surface area contributed by atoms with Gasteiger partial charge in [-0.05, 0) is 201 Å². The largest absolute Gasteiger partial charge is 0.381 e. The molecular formula is C62H129N9O3. The van der Waals surface area contributed by atoms with E-state index in [0.29, 0.717) is 5.91 Å². The Morgan fingerprint density at radius 1 is 0.405 bits per heavy atom. The summed E-state index contributed by atoms with van der Waals surface area (Å²) in [5.41, 5.74) is 0. The molecule has 12 aliphatic rings. The van der Waals surface area contributed by atoms with Crippen LogP contribution in [0.1, 0.15) is 175 Å². The number of likely N-dealkylation sites (tertiary alicyclic amines) is 5. The third-order valence-electron chi connectivity index (χ3n) is 17.2. The van der Waals surface area contributed by atoms with E-state index >= 15 is 0 Å². The second-order valence-corrected chi connectivity index (χ2v) is 24.6. The number of likely N-dealkylation sites (N-methyl/N-ethyl adjacent to an activating group) is 2. The molecule has 1 amide bonds. The number of carbonyl (C=O) groups is 1. The van der Waals surface area contributed by atoms with E-state index in [2.05, 4.69) is 110 Å². The molecule has 0 bridgehead atoms. The van der Waals surface area contributed by atoms with Crippen LogP contribution in [-0.2, 0) is 14.3 Å². The van der Waals surface area contributed by atoms with Gasteiger partial charge in [-0.2, -0.15) is 0 Å². The first kappa shape index (κ1) is 69.2. The maximum atomic E-state index is 10.5. The zero-order valence-corrected chi connectivity index (χ0v) is 51.4. The van der Waals surface area contributed by atoms with E-state index in [9.17, 15) is 4.79 Å². The van der Waals surface area contributed by atoms with Crippen molar-refractivity contribution in [3.63, 3.8) is 0 Å². The SMILES string of the molecule is CC1CC1.CCC1CCCCC1.CCC1CCNCC1.CCC1CCOCC1.CN1CC2CC2C1.CN1CCC1.CN1CCCC1.CN1CCCC1=O.CN1CCCCC1.CN1CCNCC1.CN1CCOCC1. The van der Waals surface area contributed by atoms with E-state index in [1.54, 1.807) is 4.90 Å². The number of amides is 1. The summed E-state index contributed by atoms with van der Waals surface area (Å²) >= 11 is 0. The fraction of sp³-hybridized carbons (Fsp3) is 0.984. The minimum atomic E-state index is 0.292. The Kier molecular flexibility index (Phi) is 42.9. The van der Waals surface area contributed by atoms with Crippen LogP contribution in [0.4, 0.5) is 0 Å². The molecule has 440 valence electrons. The number of ether oxygens (including phenoxy) is 2. The van der Waals surface area contributed by atoms with Crippen molar-refractivity contribution in [1.29, 1.82) is 0 Å². The Morgan fingerprint density at radius 3 is 1.04 bits per heavy atom. The minimum Gasteiger partial charge on any atom is -0.381 e. The van der Waals surface area contributed by atoms with Crippen molar-refractivity contribution in [3.05, 3.63) is 0 Å². The second kappa shape index (κ2) is 45.9. The smallest absolute Gasteiger partial charge is 0.222 e. The number of fused-ring (bicyclic) bond motifs is 1. The van der Waals surface area contributed by atoms with Gasteiger partial charge in [-0.15, -0.1) is 0 Å². The third-order valence-corrected chi connectivity index (χ3v) is 17.2. The number of rotatable bonds is 3. The molecule has 12 fully saturated rings. The summed E-state index contributed by atoms with van der Waals surface area (Å²) in [5.74, 6) is 6.68. The maximum absolute atomic E-state index is 10.5. The Morgan fingerprint density at radius 2 is 0.797 bits per heavy atom. The van der Waals surface area contributed by atoms with Crippen LogP contribution in [0.15, 0.2) is 0 Å². The van der Waals surface area contributed by atoms with Gasteiger partial charge in [-0.25, -0.2) is 0 Å². The van der Waals surface area contributed by atoms with Crippen LogP contribution in [-0.4, -0.2) is 227 Å². The molecule has 12 rings (SSSR count). The van der Waals surface area contributed by atoms with Crippen molar-refractivity contribution in [2.45, 2.75) is 175 Å². The summed E-state index contributed by atoms with van der Waals surface area (Å²) in [6, 6.07) is 0. The molecule has 2 N–H and O–H groups in total. The highest BCUT2D eigenvalue weighted by Gasteiger charge is 2.43. The first-order valence-corrected chi connectivity index (χ1v) is 31.7. The second-order valence-electron chi connectivity index (χ2n) is 24.6. The molecular weight excluding hydrogens is 919 g/mol. The molecule has 9 aliphatic heterocycles. The highest BCUT2D eigenvalue weighted by molar-refractivity contribution is 5.77. The zero-order chi connectivity index (χ0) is 54.0. The molecule has 2 unspecified atom stereocenters. The van der Waals surface area contributed by atoms with Gasteiger partial charge in [-0.3, -0.25) is 4.79 Å². The topological polar surface area (TPSA) is 82.3 Å². The molecule has 0 aromatic heterocycles. The van der Waals surface area contributed by atoms with Crippen molar-refractivity contribution >= 4 is 5.91 Å². The lowest BCUT2D eigenvalue weighted by Gasteiger charge is -2.24. The van der Waals surface area contributed by atoms with Gasteiger partial charge in [0, 0.05) is 85.6 Å². The standard InChI is InChI=1S/C8H16.C7H15N.C7H14O.C6H11N.C6H13N.C5H12N2.C5H11NO.C5H9NO.C5H11N.C4H9N.C4H8/c1-2-8-6-4-3-5-7-8;2*1-2-7-3-5-8-6-4-7;1-7-3-5-2-6(5)4-7;1-7-5-3-2-4-6-7;1-7-4-2-6-3-5-7;1-6-2-4-7-5-3-6;1-6-4-2-3-5(6)7;1-6-4-2-3-5-6;1-5-3-2-4-5;1-4-2-3-4/h8H,2-7H2,1H3;7-8H,2-6H2,1H3;7H,2-6H2,1H3;5-6H,2-4H2,1H3;2-6H2,1H3;6H,2-5H2,1H3;2-5H2,1H3;2-4H2,1H3;2-5H2,1H3;2-4H2,1H3;4H,2-3H2,1H3. The fourth-order valence-corrected chi connectivity index (χ4v) is 10.5. The van der Waals surface area contributed by atoms with Gasteiger partial charge in [0.2, 0.25) is 5.91 Å². The van der Waals surface area contributed by atoms with E-state index < -0.39 is 0 Å². The molecule has 3 saturated carbocycles. The Bertz CT molecular complexity index is 1130. The molecule has 3 aliphatic carbocycles. The molecule has 2 atom stereocenters. The lowest BCUT2D eigenvalue weighted by Crippen LogP contribution is -2.40. The highest BCUT2D eigenvalue weighted by atomic mass is 16.5. The summed E-state index contributed by atoms with van der Waals surface area (Å²) in [6.07, 6.45) is 31.8. The number of morpholine rings is 1. The zero-order valence-electron chi connectivity index (χ0n) is 51.4. The van der Waals surface area contributed by atoms with Crippen molar-refractivity contribution in [2.24, 2.45) is 35.5 Å². The third kappa shape index (κ3) is 40.3. The Labute approximate surface area is 461 Å². The number of piperidine rings is 3. The first-order chi connectivity index (χ1) is 35.8. The summed E-state index contributed by atoms with van der Waals surface area (Å²) in [7, 11) is 14.8. The molecule has 0 radical (unpaired) electrons. The van der Waals surface area contributed by atoms with E-state index in [1.165, 1.54) is 213 Å². The van der Waals surface area contributed by atoms with Crippen LogP contribution in [0.5, 0.6) is 0 Å². The van der Waals surface area contributed by atoms with E-state index in [0.717, 1.165) is 108 Å². The lowest BCUT2D eigenvalue weighted by molar-refractivity contribution is -0.126. The molecule has 12 nitrogen and oxygen atoms in total. The molecule has 9 saturated heterocycles. The van der Waals surface area contributed by atoms with Crippen LogP contribution in [0.25, 0.3) is 0 Å². The predicted molar refractivity (Wildman–Crippen MR) is 320 cm³/mol. The number of carbonyl (C=O) groups excluding carboxylic acids is 1. The summed E-state index contributed by atoms with van der Waals surface area (Å²) in [5, 5.41) is 6.62. The van der Waals surface area contributed by atoms with Crippen LogP contribution >= 0.6 is 0 Å². The minimum absolute atomic E-state index is 0.292. The monoisotopic (exact) mass is 1050 g/mol. The molecule has 0 spiro atoms. The molecule has 74 heavy (non-hydrogen) atoms. The molecule has 12 heteroatoms. The number of piperazine rings is 1. The van der Waals surface area contributed by atoms with Crippen LogP contribution in [0.2, 0.25) is 0 Å². The van der Waals surface area contributed by atoms with Crippen molar-refractivity contribution < 1.29 is 14.3 Å². The number of hydrogen-bond donors (Lipinski definition) is 2. The molecule has 9 heterocycles. The van der Waals surface area contributed by atoms with Gasteiger partial charge >= 0.3 is 0 Å². The van der Waals surface area contributed by atoms with Crippen LogP contribution in [0, 0.1) is 35.5 Å². The van der Waals surface area contributed by atoms with Gasteiger partial charge in [-0.1, -0.05) is 98.3 Å². The average molecular weight is 1050 g/mol. The molecule has 0 aromatic carbocycles. The first-order valence-electron chi connectivity index (χ1n) is 31.7. The summed E-state index contributed by atoms with van der Waals surface area (Å²) in [6.45, 7) is 34.0. The normalized spacial score (nSPS) is 26.7. The van der Waals surface area contributed by atoms with Crippen molar-refractivity contribution in [3.8, 4) is 0 Å². The Hall–Kier alpha value is -0.930. The summed E-state index contributed by atoms with van der Waals surface area (Å²) < 4.78 is 10.3. The van der Waals surface area contributed by atoms with Gasteiger partial charge in [0.05, 0.1) is 13.2 Å². The number of nitrogens with zero attached hydrogens (tertiary/aromatic N) is 7. The van der Waals surface area contributed by atoms with E-state index in [-0.39, 0.29) is 0 Å². The van der Waals surface area contributed by atoms with Crippen LogP contribution in [0.3, 0.4) is 0 Å². The van der Waals surface area contributed by atoms with Crippen LogP contribution < -0.4 is 10.6 Å². The number of hydrogen-bond acceptors (Lipinski definition) is 11.